The van der Waals surface area contributed by atoms with Gasteiger partial charge in [0.1, 0.15) is 0 Å². The van der Waals surface area contributed by atoms with E-state index in [2.05, 4.69) is 26.6 Å². The van der Waals surface area contributed by atoms with Crippen LogP contribution in [0.25, 0.3) is 0 Å². The summed E-state index contributed by atoms with van der Waals surface area (Å²) in [7, 11) is 0.639. The predicted octanol–water partition coefficient (Wildman–Crippen LogP) is 5.18. The highest BCUT2D eigenvalue weighted by Gasteiger charge is 2.61. The molecule has 0 spiro atoms. The summed E-state index contributed by atoms with van der Waals surface area (Å²) in [6.45, 7) is 8.90. The Bertz CT molecular complexity index is 348. The summed E-state index contributed by atoms with van der Waals surface area (Å²) in [5.41, 5.74) is 0. The number of fused-ring (bicyclic) bond motifs is 9. The van der Waals surface area contributed by atoms with Crippen molar-refractivity contribution < 1.29 is 4.43 Å². The molecule has 7 unspecified atom stereocenters. The molecule has 7 atom stereocenters. The zero-order chi connectivity index (χ0) is 14.5. The summed E-state index contributed by atoms with van der Waals surface area (Å²) in [4.78, 5) is 0. The Kier molecular flexibility index (Phi) is 4.09. The fourth-order valence-corrected chi connectivity index (χ4v) is 6.17. The van der Waals surface area contributed by atoms with E-state index in [1.807, 2.05) is 0 Å². The molecule has 0 amide bonds. The molecule has 2 heteroatoms. The van der Waals surface area contributed by atoms with Crippen molar-refractivity contribution in [2.75, 3.05) is 7.11 Å². The summed E-state index contributed by atoms with van der Waals surface area (Å²) >= 11 is 0. The summed E-state index contributed by atoms with van der Waals surface area (Å²) < 4.78 is 5.08. The molecule has 4 rings (SSSR count). The Labute approximate surface area is 127 Å². The van der Waals surface area contributed by atoms with Gasteiger partial charge in [-0.05, 0) is 93.2 Å². The maximum atomic E-state index is 5.08. The maximum Gasteiger partial charge on any atom is 0.183 e. The van der Waals surface area contributed by atoms with Crippen LogP contribution in [-0.4, -0.2) is 15.4 Å². The first kappa shape index (κ1) is 15.1. The highest BCUT2D eigenvalue weighted by Crippen LogP contribution is 2.69. The molecule has 116 valence electrons. The minimum absolute atomic E-state index is 1.13. The zero-order valence-corrected chi connectivity index (χ0v) is 15.2. The summed E-state index contributed by atoms with van der Waals surface area (Å²) in [5.74, 6) is 8.34. The molecule has 0 N–H and O–H groups in total. The lowest BCUT2D eigenvalue weighted by molar-refractivity contribution is 0.103. The van der Waals surface area contributed by atoms with E-state index in [0.29, 0.717) is 0 Å². The van der Waals surface area contributed by atoms with Gasteiger partial charge in [-0.15, -0.1) is 0 Å². The Morgan fingerprint density at radius 3 is 2.05 bits per heavy atom. The minimum Gasteiger partial charge on any atom is -0.421 e. The van der Waals surface area contributed by atoms with Gasteiger partial charge in [-0.1, -0.05) is 13.3 Å². The van der Waals surface area contributed by atoms with Crippen molar-refractivity contribution in [1.82, 2.24) is 0 Å². The Morgan fingerprint density at radius 1 is 0.900 bits per heavy atom. The van der Waals surface area contributed by atoms with E-state index >= 15 is 0 Å². The number of hydrogen-bond donors (Lipinski definition) is 0. The lowest BCUT2D eigenvalue weighted by Crippen LogP contribution is -2.32. The van der Waals surface area contributed by atoms with Crippen LogP contribution in [0.3, 0.4) is 0 Å². The van der Waals surface area contributed by atoms with Crippen LogP contribution in [0, 0.1) is 41.4 Å². The van der Waals surface area contributed by atoms with Crippen LogP contribution in [-0.2, 0) is 4.43 Å². The van der Waals surface area contributed by atoms with Crippen molar-refractivity contribution >= 4 is 8.32 Å². The van der Waals surface area contributed by atoms with Gasteiger partial charge in [0, 0.05) is 7.11 Å². The van der Waals surface area contributed by atoms with E-state index in [-0.39, 0.29) is 0 Å². The Balaban J connectivity index is 0.000000175. The fourth-order valence-electron chi connectivity index (χ4n) is 6.17. The van der Waals surface area contributed by atoms with Gasteiger partial charge in [0.25, 0.3) is 0 Å². The van der Waals surface area contributed by atoms with Crippen molar-refractivity contribution in [3.8, 4) is 0 Å². The molecule has 4 saturated carbocycles. The van der Waals surface area contributed by atoms with Crippen molar-refractivity contribution in [2.45, 2.75) is 65.1 Å². The van der Waals surface area contributed by atoms with Gasteiger partial charge in [0.05, 0.1) is 0 Å². The van der Waals surface area contributed by atoms with Crippen LogP contribution in [0.5, 0.6) is 0 Å². The van der Waals surface area contributed by atoms with Crippen molar-refractivity contribution in [3.63, 3.8) is 0 Å². The molecule has 4 aliphatic rings. The molecule has 1 nitrogen and oxygen atoms in total. The van der Waals surface area contributed by atoms with Crippen molar-refractivity contribution in [3.05, 3.63) is 0 Å². The van der Waals surface area contributed by atoms with Crippen LogP contribution < -0.4 is 0 Å². The molecule has 4 fully saturated rings. The first-order valence-electron chi connectivity index (χ1n) is 8.99. The standard InChI is InChI=1S/C14H22.C4H12OSi/c1-2-8-5-11-7-12(8)14-10-4-3-9(6-10)13(11)14;1-5-6(2,3)4/h8-14H,2-7H2,1H3;1-4H3. The van der Waals surface area contributed by atoms with Crippen LogP contribution in [0.4, 0.5) is 0 Å². The molecule has 4 aliphatic carbocycles. The maximum absolute atomic E-state index is 5.08. The average molecular weight is 295 g/mol. The second-order valence-corrected chi connectivity index (χ2v) is 13.5. The summed E-state index contributed by atoms with van der Waals surface area (Å²) in [5, 5.41) is 0. The molecule has 4 bridgehead atoms. The lowest BCUT2D eigenvalue weighted by Gasteiger charge is -2.38. The number of hydrogen-bond acceptors (Lipinski definition) is 1. The third-order valence-electron chi connectivity index (χ3n) is 7.01. The molecule has 0 radical (unpaired) electrons. The van der Waals surface area contributed by atoms with Crippen molar-refractivity contribution in [1.29, 1.82) is 0 Å². The first-order chi connectivity index (χ1) is 9.44. The van der Waals surface area contributed by atoms with Crippen LogP contribution >= 0.6 is 0 Å². The van der Waals surface area contributed by atoms with Crippen LogP contribution in [0.2, 0.25) is 19.6 Å². The highest BCUT2D eigenvalue weighted by molar-refractivity contribution is 6.69. The molecule has 0 aliphatic heterocycles. The van der Waals surface area contributed by atoms with Gasteiger partial charge in [-0.25, -0.2) is 0 Å². The minimum atomic E-state index is -1.13. The average Bonchev–Trinajstić information content (AvgIpc) is 3.15. The van der Waals surface area contributed by atoms with Gasteiger partial charge in [-0.2, -0.15) is 0 Å². The van der Waals surface area contributed by atoms with E-state index < -0.39 is 8.32 Å². The largest absolute Gasteiger partial charge is 0.421 e. The molecule has 0 heterocycles. The molecular formula is C18H34OSi. The van der Waals surface area contributed by atoms with E-state index in [4.69, 9.17) is 4.43 Å². The second kappa shape index (κ2) is 5.42. The fraction of sp³-hybridized carbons (Fsp3) is 1.00. The van der Waals surface area contributed by atoms with E-state index in [1.165, 1.54) is 41.9 Å². The van der Waals surface area contributed by atoms with E-state index in [0.717, 1.165) is 5.92 Å². The second-order valence-electron chi connectivity index (χ2n) is 8.87. The molecule has 0 aromatic heterocycles. The topological polar surface area (TPSA) is 9.23 Å². The Morgan fingerprint density at radius 2 is 1.50 bits per heavy atom. The molecule has 0 aromatic carbocycles. The van der Waals surface area contributed by atoms with Crippen LogP contribution in [0.15, 0.2) is 0 Å². The van der Waals surface area contributed by atoms with Gasteiger partial charge >= 0.3 is 0 Å². The van der Waals surface area contributed by atoms with Gasteiger partial charge < -0.3 is 4.43 Å². The number of rotatable bonds is 2. The molecule has 0 aromatic rings. The lowest BCUT2D eigenvalue weighted by atomic mass is 9.67. The van der Waals surface area contributed by atoms with Gasteiger partial charge in [0.2, 0.25) is 0 Å². The molecule has 20 heavy (non-hydrogen) atoms. The van der Waals surface area contributed by atoms with E-state index in [1.54, 1.807) is 39.2 Å². The summed E-state index contributed by atoms with van der Waals surface area (Å²) in [6, 6.07) is 0. The van der Waals surface area contributed by atoms with Gasteiger partial charge in [-0.3, -0.25) is 0 Å². The monoisotopic (exact) mass is 294 g/mol. The quantitative estimate of drug-likeness (QED) is 0.503. The van der Waals surface area contributed by atoms with Gasteiger partial charge in [0.15, 0.2) is 8.32 Å². The first-order valence-corrected chi connectivity index (χ1v) is 12.4. The van der Waals surface area contributed by atoms with E-state index in [9.17, 15) is 0 Å². The predicted molar refractivity (Wildman–Crippen MR) is 88.2 cm³/mol. The normalized spacial score (nSPS) is 48.1. The Hall–Kier alpha value is 0.177. The van der Waals surface area contributed by atoms with Crippen molar-refractivity contribution in [2.24, 2.45) is 41.4 Å². The van der Waals surface area contributed by atoms with Crippen LogP contribution in [0.1, 0.15) is 45.4 Å². The zero-order valence-electron chi connectivity index (χ0n) is 14.2. The highest BCUT2D eigenvalue weighted by atomic mass is 28.4. The SMILES string of the molecule is CCC1CC2CC1C1C3CCC(C3)C21.CO[Si](C)(C)C. The molecule has 0 saturated heterocycles. The third kappa shape index (κ3) is 2.52. The summed E-state index contributed by atoms with van der Waals surface area (Å²) in [6.07, 6.45) is 9.57. The third-order valence-corrected chi connectivity index (χ3v) is 8.23. The smallest absolute Gasteiger partial charge is 0.183 e. The molecular weight excluding hydrogens is 260 g/mol.